The molecular weight excluding hydrogens is 303 g/mol. The Labute approximate surface area is 114 Å². The van der Waals surface area contributed by atoms with E-state index in [4.69, 9.17) is 0 Å². The molecule has 2 nitrogen and oxygen atoms in total. The molecule has 1 aliphatic rings. The van der Waals surface area contributed by atoms with Crippen LogP contribution in [0.1, 0.15) is 5.56 Å². The van der Waals surface area contributed by atoms with Gasteiger partial charge in [0.05, 0.1) is 4.90 Å². The van der Waals surface area contributed by atoms with Crippen molar-refractivity contribution in [3.8, 4) is 0 Å². The Bertz CT molecular complexity index is 371. The fourth-order valence-electron chi connectivity index (χ4n) is 2.03. The zero-order valence-electron chi connectivity index (χ0n) is 9.80. The topological polar surface area (TPSA) is 15.3 Å². The molecule has 0 bridgehead atoms. The van der Waals surface area contributed by atoms with Gasteiger partial charge in [-0.3, -0.25) is 4.90 Å². The van der Waals surface area contributed by atoms with Gasteiger partial charge in [0.2, 0.25) is 0 Å². The number of benzene rings is 1. The second-order valence-electron chi connectivity index (χ2n) is 4.12. The molecule has 17 heavy (non-hydrogen) atoms. The van der Waals surface area contributed by atoms with Crippen LogP contribution in [0.15, 0.2) is 21.5 Å². The van der Waals surface area contributed by atoms with Crippen LogP contribution in [0.2, 0.25) is 0 Å². The average Bonchev–Trinajstić information content (AvgIpc) is 2.30. The van der Waals surface area contributed by atoms with E-state index >= 15 is 0 Å². The standard InChI is InChI=1S/C12H16BrFN2S/c1-17-12-10(13)6-9(7-11(12)14)8-16-4-2-15-3-5-16/h6-7,15H,2-5,8H2,1H3. The van der Waals surface area contributed by atoms with Crippen LogP contribution in [0, 0.1) is 5.82 Å². The van der Waals surface area contributed by atoms with E-state index in [0.717, 1.165) is 42.8 Å². The van der Waals surface area contributed by atoms with Crippen molar-refractivity contribution in [1.29, 1.82) is 0 Å². The van der Waals surface area contributed by atoms with Gasteiger partial charge >= 0.3 is 0 Å². The van der Waals surface area contributed by atoms with Crippen LogP contribution in [0.5, 0.6) is 0 Å². The van der Waals surface area contributed by atoms with Gasteiger partial charge in [0.25, 0.3) is 0 Å². The highest BCUT2D eigenvalue weighted by molar-refractivity contribution is 9.10. The summed E-state index contributed by atoms with van der Waals surface area (Å²) in [6, 6.07) is 3.68. The minimum Gasteiger partial charge on any atom is -0.314 e. The molecule has 1 aromatic rings. The van der Waals surface area contributed by atoms with E-state index in [-0.39, 0.29) is 5.82 Å². The fourth-order valence-corrected chi connectivity index (χ4v) is 3.50. The van der Waals surface area contributed by atoms with E-state index in [1.165, 1.54) is 11.8 Å². The van der Waals surface area contributed by atoms with Gasteiger partial charge in [-0.25, -0.2) is 4.39 Å². The molecular formula is C12H16BrFN2S. The van der Waals surface area contributed by atoms with E-state index in [1.54, 1.807) is 6.07 Å². The minimum absolute atomic E-state index is 0.128. The lowest BCUT2D eigenvalue weighted by Gasteiger charge is -2.27. The van der Waals surface area contributed by atoms with Crippen LogP contribution >= 0.6 is 27.7 Å². The zero-order valence-corrected chi connectivity index (χ0v) is 12.2. The van der Waals surface area contributed by atoms with E-state index in [2.05, 4.69) is 26.1 Å². The summed E-state index contributed by atoms with van der Waals surface area (Å²) >= 11 is 4.86. The van der Waals surface area contributed by atoms with E-state index in [0.29, 0.717) is 4.90 Å². The van der Waals surface area contributed by atoms with Gasteiger partial charge < -0.3 is 5.32 Å². The third kappa shape index (κ3) is 3.44. The molecule has 0 atom stereocenters. The summed E-state index contributed by atoms with van der Waals surface area (Å²) in [7, 11) is 0. The Morgan fingerprint density at radius 1 is 1.41 bits per heavy atom. The SMILES string of the molecule is CSc1c(F)cc(CN2CCNCC2)cc1Br. The van der Waals surface area contributed by atoms with E-state index < -0.39 is 0 Å². The lowest BCUT2D eigenvalue weighted by Crippen LogP contribution is -2.42. The quantitative estimate of drug-likeness (QED) is 0.863. The third-order valence-corrected chi connectivity index (χ3v) is 4.59. The molecule has 0 spiro atoms. The first-order valence-corrected chi connectivity index (χ1v) is 7.67. The highest BCUT2D eigenvalue weighted by atomic mass is 79.9. The van der Waals surface area contributed by atoms with Crippen molar-refractivity contribution in [3.05, 3.63) is 28.0 Å². The molecule has 0 radical (unpaired) electrons. The lowest BCUT2D eigenvalue weighted by atomic mass is 10.2. The maximum Gasteiger partial charge on any atom is 0.138 e. The van der Waals surface area contributed by atoms with Crippen LogP contribution in [0.25, 0.3) is 0 Å². The molecule has 1 aliphatic heterocycles. The Hall–Kier alpha value is -0.100. The second kappa shape index (κ2) is 6.18. The van der Waals surface area contributed by atoms with Crippen molar-refractivity contribution >= 4 is 27.7 Å². The smallest absolute Gasteiger partial charge is 0.138 e. The van der Waals surface area contributed by atoms with Gasteiger partial charge in [-0.15, -0.1) is 11.8 Å². The second-order valence-corrected chi connectivity index (χ2v) is 5.79. The predicted octanol–water partition coefficient (Wildman–Crippen LogP) is 2.72. The first-order chi connectivity index (χ1) is 8.20. The molecule has 0 saturated carbocycles. The predicted molar refractivity (Wildman–Crippen MR) is 74.0 cm³/mol. The molecule has 1 fully saturated rings. The Kier molecular flexibility index (Phi) is 4.85. The van der Waals surface area contributed by atoms with Gasteiger partial charge in [0, 0.05) is 37.2 Å². The van der Waals surface area contributed by atoms with Crippen LogP contribution in [0.3, 0.4) is 0 Å². The first kappa shape index (κ1) is 13.3. The van der Waals surface area contributed by atoms with Crippen molar-refractivity contribution in [2.45, 2.75) is 11.4 Å². The molecule has 0 aromatic heterocycles. The van der Waals surface area contributed by atoms with Gasteiger partial charge in [-0.05, 0) is 39.9 Å². The van der Waals surface area contributed by atoms with Crippen molar-refractivity contribution in [2.24, 2.45) is 0 Å². The van der Waals surface area contributed by atoms with E-state index in [9.17, 15) is 4.39 Å². The first-order valence-electron chi connectivity index (χ1n) is 5.65. The number of piperazine rings is 1. The maximum absolute atomic E-state index is 13.8. The largest absolute Gasteiger partial charge is 0.314 e. The van der Waals surface area contributed by atoms with Crippen LogP contribution < -0.4 is 5.32 Å². The molecule has 0 aliphatic carbocycles. The third-order valence-electron chi connectivity index (χ3n) is 2.88. The Morgan fingerprint density at radius 2 is 2.12 bits per heavy atom. The van der Waals surface area contributed by atoms with Gasteiger partial charge in [0.15, 0.2) is 0 Å². The monoisotopic (exact) mass is 318 g/mol. The molecule has 0 amide bonds. The fraction of sp³-hybridized carbons (Fsp3) is 0.500. The summed E-state index contributed by atoms with van der Waals surface area (Å²) in [6.07, 6.45) is 1.89. The summed E-state index contributed by atoms with van der Waals surface area (Å²) in [4.78, 5) is 3.03. The number of nitrogens with one attached hydrogen (secondary N) is 1. The number of hydrogen-bond donors (Lipinski definition) is 1. The molecule has 5 heteroatoms. The zero-order chi connectivity index (χ0) is 12.3. The molecule has 2 rings (SSSR count). The molecule has 1 saturated heterocycles. The summed E-state index contributed by atoms with van der Waals surface area (Å²) in [5.41, 5.74) is 1.04. The Balaban J connectivity index is 2.10. The highest BCUT2D eigenvalue weighted by Crippen LogP contribution is 2.30. The average molecular weight is 319 g/mol. The van der Waals surface area contributed by atoms with Crippen LogP contribution in [0.4, 0.5) is 4.39 Å². The normalized spacial score (nSPS) is 17.4. The summed E-state index contributed by atoms with van der Waals surface area (Å²) < 4.78 is 14.6. The van der Waals surface area contributed by atoms with Crippen LogP contribution in [-0.4, -0.2) is 37.3 Å². The maximum atomic E-state index is 13.8. The minimum atomic E-state index is -0.128. The van der Waals surface area contributed by atoms with Crippen molar-refractivity contribution in [2.75, 3.05) is 32.4 Å². The van der Waals surface area contributed by atoms with Crippen LogP contribution in [-0.2, 0) is 6.54 Å². The van der Waals surface area contributed by atoms with Crippen molar-refractivity contribution in [1.82, 2.24) is 10.2 Å². The van der Waals surface area contributed by atoms with Crippen molar-refractivity contribution < 1.29 is 4.39 Å². The summed E-state index contributed by atoms with van der Waals surface area (Å²) in [6.45, 7) is 4.93. The highest BCUT2D eigenvalue weighted by Gasteiger charge is 2.13. The van der Waals surface area contributed by atoms with Gasteiger partial charge in [-0.1, -0.05) is 0 Å². The molecule has 0 unspecified atom stereocenters. The van der Waals surface area contributed by atoms with Crippen molar-refractivity contribution in [3.63, 3.8) is 0 Å². The summed E-state index contributed by atoms with van der Waals surface area (Å²) in [5, 5.41) is 3.31. The summed E-state index contributed by atoms with van der Waals surface area (Å²) in [5.74, 6) is -0.128. The van der Waals surface area contributed by atoms with E-state index in [1.807, 2.05) is 12.3 Å². The Morgan fingerprint density at radius 3 is 2.71 bits per heavy atom. The number of thioether (sulfide) groups is 1. The molecule has 1 aromatic carbocycles. The number of rotatable bonds is 3. The lowest BCUT2D eigenvalue weighted by molar-refractivity contribution is 0.233. The molecule has 1 N–H and O–H groups in total. The molecule has 94 valence electrons. The molecule has 1 heterocycles. The van der Waals surface area contributed by atoms with Gasteiger partial charge in [0.1, 0.15) is 5.82 Å². The van der Waals surface area contributed by atoms with Gasteiger partial charge in [-0.2, -0.15) is 0 Å². The number of hydrogen-bond acceptors (Lipinski definition) is 3. The number of nitrogens with zero attached hydrogens (tertiary/aromatic N) is 1. The number of halogens is 2.